The monoisotopic (exact) mass is 441 g/mol. The van der Waals surface area contributed by atoms with Gasteiger partial charge in [0, 0.05) is 17.7 Å². The number of halogens is 2. The van der Waals surface area contributed by atoms with Crippen molar-refractivity contribution in [3.8, 4) is 5.75 Å². The number of nitrogens with zero attached hydrogens (tertiary/aromatic N) is 2. The second-order valence-electron chi connectivity index (χ2n) is 4.34. The van der Waals surface area contributed by atoms with E-state index in [2.05, 4.69) is 42.4 Å². The van der Waals surface area contributed by atoms with Crippen molar-refractivity contribution in [1.82, 2.24) is 5.43 Å². The number of amides is 1. The van der Waals surface area contributed by atoms with Crippen molar-refractivity contribution in [3.05, 3.63) is 66.6 Å². The van der Waals surface area contributed by atoms with Crippen LogP contribution in [0.15, 0.2) is 50.4 Å². The van der Waals surface area contributed by atoms with Gasteiger partial charge in [-0.2, -0.15) is 5.10 Å². The number of aromatic hydroxyl groups is 1. The maximum atomic E-state index is 11.9. The lowest BCUT2D eigenvalue weighted by molar-refractivity contribution is -0.384. The SMILES string of the molecule is O=C(N/N=C\c1cc(Br)c(O)c(Br)c1)c1cccc([N+](=O)[O-])c1. The Hall–Kier alpha value is -2.26. The van der Waals surface area contributed by atoms with Gasteiger partial charge in [0.25, 0.3) is 11.6 Å². The number of hydrogen-bond acceptors (Lipinski definition) is 5. The number of nitro groups is 1. The third kappa shape index (κ3) is 4.36. The minimum atomic E-state index is -0.578. The molecule has 0 radical (unpaired) electrons. The van der Waals surface area contributed by atoms with Gasteiger partial charge in [0.05, 0.1) is 20.1 Å². The van der Waals surface area contributed by atoms with Gasteiger partial charge < -0.3 is 5.11 Å². The smallest absolute Gasteiger partial charge is 0.271 e. The van der Waals surface area contributed by atoms with Crippen molar-refractivity contribution in [2.45, 2.75) is 0 Å². The lowest BCUT2D eigenvalue weighted by Crippen LogP contribution is -2.17. The van der Waals surface area contributed by atoms with Crippen molar-refractivity contribution in [1.29, 1.82) is 0 Å². The number of carbonyl (C=O) groups is 1. The zero-order chi connectivity index (χ0) is 17.0. The van der Waals surface area contributed by atoms with Crippen molar-refractivity contribution in [2.24, 2.45) is 5.10 Å². The Balaban J connectivity index is 2.10. The van der Waals surface area contributed by atoms with Crippen LogP contribution in [0.2, 0.25) is 0 Å². The average molecular weight is 443 g/mol. The summed E-state index contributed by atoms with van der Waals surface area (Å²) >= 11 is 6.37. The fraction of sp³-hybridized carbons (Fsp3) is 0. The highest BCUT2D eigenvalue weighted by Crippen LogP contribution is 2.32. The van der Waals surface area contributed by atoms with E-state index in [0.717, 1.165) is 0 Å². The third-order valence-corrected chi connectivity index (χ3v) is 3.95. The van der Waals surface area contributed by atoms with Crippen LogP contribution in [0.5, 0.6) is 5.75 Å². The summed E-state index contributed by atoms with van der Waals surface area (Å²) in [6.45, 7) is 0. The van der Waals surface area contributed by atoms with E-state index in [0.29, 0.717) is 14.5 Å². The van der Waals surface area contributed by atoms with E-state index in [1.54, 1.807) is 12.1 Å². The van der Waals surface area contributed by atoms with Gasteiger partial charge in [-0.3, -0.25) is 14.9 Å². The van der Waals surface area contributed by atoms with Crippen LogP contribution in [0, 0.1) is 10.1 Å². The quantitative estimate of drug-likeness (QED) is 0.428. The molecular weight excluding hydrogens is 434 g/mol. The highest BCUT2D eigenvalue weighted by molar-refractivity contribution is 9.11. The van der Waals surface area contributed by atoms with E-state index in [-0.39, 0.29) is 17.0 Å². The fourth-order valence-electron chi connectivity index (χ4n) is 1.65. The van der Waals surface area contributed by atoms with E-state index in [4.69, 9.17) is 0 Å². The molecule has 118 valence electrons. The van der Waals surface area contributed by atoms with E-state index in [1.165, 1.54) is 30.5 Å². The molecule has 0 saturated carbocycles. The molecule has 0 bridgehead atoms. The molecule has 0 fully saturated rings. The largest absolute Gasteiger partial charge is 0.506 e. The first kappa shape index (κ1) is 17.1. The molecule has 0 saturated heterocycles. The normalized spacial score (nSPS) is 10.7. The summed E-state index contributed by atoms with van der Waals surface area (Å²) < 4.78 is 0.941. The van der Waals surface area contributed by atoms with Gasteiger partial charge in [0.2, 0.25) is 0 Å². The average Bonchev–Trinajstić information content (AvgIpc) is 2.52. The lowest BCUT2D eigenvalue weighted by Gasteiger charge is -2.02. The molecule has 1 amide bonds. The number of phenols is 1. The molecule has 2 rings (SSSR count). The van der Waals surface area contributed by atoms with Gasteiger partial charge in [0.1, 0.15) is 5.75 Å². The molecule has 7 nitrogen and oxygen atoms in total. The lowest BCUT2D eigenvalue weighted by atomic mass is 10.2. The standard InChI is InChI=1S/C14H9Br2N3O4/c15-11-4-8(5-12(16)13(11)20)7-17-18-14(21)9-2-1-3-10(6-9)19(22)23/h1-7,20H,(H,18,21)/b17-7-. The van der Waals surface area contributed by atoms with E-state index in [9.17, 15) is 20.0 Å². The Bertz CT molecular complexity index is 785. The van der Waals surface area contributed by atoms with Crippen LogP contribution < -0.4 is 5.43 Å². The molecule has 0 aliphatic carbocycles. The number of nitrogens with one attached hydrogen (secondary N) is 1. The van der Waals surface area contributed by atoms with Crippen LogP contribution in [-0.2, 0) is 0 Å². The Morgan fingerprint density at radius 2 is 1.91 bits per heavy atom. The number of benzene rings is 2. The molecule has 0 unspecified atom stereocenters. The highest BCUT2D eigenvalue weighted by Gasteiger charge is 2.10. The van der Waals surface area contributed by atoms with Crippen molar-refractivity contribution >= 4 is 49.7 Å². The minimum absolute atomic E-state index is 0.0581. The zero-order valence-electron chi connectivity index (χ0n) is 11.4. The van der Waals surface area contributed by atoms with Crippen molar-refractivity contribution in [3.63, 3.8) is 0 Å². The van der Waals surface area contributed by atoms with Crippen LogP contribution in [0.3, 0.4) is 0 Å². The molecule has 2 aromatic carbocycles. The van der Waals surface area contributed by atoms with E-state index < -0.39 is 10.8 Å². The number of carbonyl (C=O) groups excluding carboxylic acids is 1. The van der Waals surface area contributed by atoms with Gasteiger partial charge in [-0.25, -0.2) is 5.43 Å². The number of hydrazone groups is 1. The predicted octanol–water partition coefficient (Wildman–Crippen LogP) is 3.59. The summed E-state index contributed by atoms with van der Waals surface area (Å²) in [5.41, 5.74) is 2.86. The maximum absolute atomic E-state index is 11.9. The molecule has 2 N–H and O–H groups in total. The van der Waals surface area contributed by atoms with Gasteiger partial charge in [-0.05, 0) is 55.6 Å². The molecule has 23 heavy (non-hydrogen) atoms. The van der Waals surface area contributed by atoms with Crippen molar-refractivity contribution in [2.75, 3.05) is 0 Å². The van der Waals surface area contributed by atoms with Crippen LogP contribution in [-0.4, -0.2) is 22.2 Å². The number of non-ortho nitro benzene ring substituents is 1. The Morgan fingerprint density at radius 1 is 1.26 bits per heavy atom. The number of hydrogen-bond donors (Lipinski definition) is 2. The number of rotatable bonds is 4. The van der Waals surface area contributed by atoms with Crippen LogP contribution in [0.25, 0.3) is 0 Å². The molecule has 0 spiro atoms. The molecule has 0 aromatic heterocycles. The van der Waals surface area contributed by atoms with Crippen LogP contribution in [0.1, 0.15) is 15.9 Å². The zero-order valence-corrected chi connectivity index (χ0v) is 14.5. The van der Waals surface area contributed by atoms with Gasteiger partial charge in [-0.1, -0.05) is 6.07 Å². The first-order chi connectivity index (χ1) is 10.9. The first-order valence-corrected chi connectivity index (χ1v) is 7.73. The number of phenolic OH excluding ortho intramolecular Hbond substituents is 1. The van der Waals surface area contributed by atoms with Gasteiger partial charge in [0.15, 0.2) is 0 Å². The first-order valence-electron chi connectivity index (χ1n) is 6.14. The fourth-order valence-corrected chi connectivity index (χ4v) is 2.87. The molecule has 0 aliphatic rings. The Labute approximate surface area is 147 Å². The summed E-state index contributed by atoms with van der Waals surface area (Å²) in [6, 6.07) is 8.56. The summed E-state index contributed by atoms with van der Waals surface area (Å²) in [5.74, 6) is -0.510. The Kier molecular flexibility index (Phi) is 5.45. The van der Waals surface area contributed by atoms with E-state index >= 15 is 0 Å². The molecular formula is C14H9Br2N3O4. The summed E-state index contributed by atoms with van der Waals surface area (Å²) in [5, 5.41) is 24.1. The van der Waals surface area contributed by atoms with Crippen molar-refractivity contribution < 1.29 is 14.8 Å². The molecule has 9 heteroatoms. The molecule has 0 heterocycles. The van der Waals surface area contributed by atoms with E-state index in [1.807, 2.05) is 0 Å². The van der Waals surface area contributed by atoms with Crippen LogP contribution in [0.4, 0.5) is 5.69 Å². The summed E-state index contributed by atoms with van der Waals surface area (Å²) in [6.07, 6.45) is 1.38. The summed E-state index contributed by atoms with van der Waals surface area (Å²) in [7, 11) is 0. The second kappa shape index (κ2) is 7.34. The highest BCUT2D eigenvalue weighted by atomic mass is 79.9. The maximum Gasteiger partial charge on any atom is 0.271 e. The predicted molar refractivity (Wildman–Crippen MR) is 91.7 cm³/mol. The minimum Gasteiger partial charge on any atom is -0.506 e. The number of nitro benzene ring substituents is 1. The third-order valence-electron chi connectivity index (χ3n) is 2.74. The van der Waals surface area contributed by atoms with Crippen LogP contribution >= 0.6 is 31.9 Å². The molecule has 2 aromatic rings. The molecule has 0 atom stereocenters. The topological polar surface area (TPSA) is 105 Å². The summed E-state index contributed by atoms with van der Waals surface area (Å²) in [4.78, 5) is 22.0. The Morgan fingerprint density at radius 3 is 2.52 bits per heavy atom. The van der Waals surface area contributed by atoms with Gasteiger partial charge >= 0.3 is 0 Å². The second-order valence-corrected chi connectivity index (χ2v) is 6.05. The van der Waals surface area contributed by atoms with Gasteiger partial charge in [-0.15, -0.1) is 0 Å². The molecule has 0 aliphatic heterocycles.